The van der Waals surface area contributed by atoms with Crippen LogP contribution in [0, 0.1) is 5.92 Å². The molecule has 94 valence electrons. The monoisotopic (exact) mass is 227 g/mol. The van der Waals surface area contributed by atoms with E-state index in [-0.39, 0.29) is 11.6 Å². The molecular weight excluding hydrogens is 202 g/mol. The van der Waals surface area contributed by atoms with Gasteiger partial charge < -0.3 is 10.1 Å². The molecule has 0 spiro atoms. The first kappa shape index (κ1) is 13.5. The molecule has 1 rings (SSSR count). The molecule has 1 saturated carbocycles. The first-order chi connectivity index (χ1) is 7.42. The van der Waals surface area contributed by atoms with E-state index in [2.05, 4.69) is 12.2 Å². The van der Waals surface area contributed by atoms with Crippen LogP contribution in [-0.2, 0) is 9.53 Å². The zero-order chi connectivity index (χ0) is 12.2. The van der Waals surface area contributed by atoms with Gasteiger partial charge in [-0.05, 0) is 39.5 Å². The van der Waals surface area contributed by atoms with E-state index < -0.39 is 0 Å². The maximum absolute atomic E-state index is 11.4. The Hall–Kier alpha value is -0.570. The Kier molecular flexibility index (Phi) is 4.78. The van der Waals surface area contributed by atoms with E-state index >= 15 is 0 Å². The fourth-order valence-corrected chi connectivity index (χ4v) is 1.94. The molecule has 0 aromatic rings. The lowest BCUT2D eigenvalue weighted by molar-refractivity contribution is -0.154. The number of nitrogens with one attached hydrogen (secondary N) is 1. The summed E-state index contributed by atoms with van der Waals surface area (Å²) in [5.41, 5.74) is -0.360. The van der Waals surface area contributed by atoms with Crippen LogP contribution in [0.2, 0.25) is 0 Å². The highest BCUT2D eigenvalue weighted by atomic mass is 16.6. The molecule has 3 nitrogen and oxygen atoms in total. The highest BCUT2D eigenvalue weighted by molar-refractivity contribution is 5.70. The molecular formula is C13H25NO2. The first-order valence-corrected chi connectivity index (χ1v) is 6.37. The van der Waals surface area contributed by atoms with E-state index in [4.69, 9.17) is 4.74 Å². The predicted octanol–water partition coefficient (Wildman–Crippen LogP) is 2.50. The highest BCUT2D eigenvalue weighted by Gasteiger charge is 2.35. The smallest absolute Gasteiger partial charge is 0.307 e. The molecule has 0 saturated heterocycles. The average Bonchev–Trinajstić information content (AvgIpc) is 2.81. The number of hydrogen-bond acceptors (Lipinski definition) is 3. The molecule has 1 aliphatic carbocycles. The van der Waals surface area contributed by atoms with Crippen LogP contribution in [0.5, 0.6) is 0 Å². The molecule has 0 aromatic heterocycles. The molecule has 0 amide bonds. The fraction of sp³-hybridized carbons (Fsp3) is 0.923. The highest BCUT2D eigenvalue weighted by Crippen LogP contribution is 2.34. The van der Waals surface area contributed by atoms with Crippen LogP contribution in [0.3, 0.4) is 0 Å². The average molecular weight is 227 g/mol. The van der Waals surface area contributed by atoms with Crippen LogP contribution < -0.4 is 5.32 Å². The van der Waals surface area contributed by atoms with E-state index in [1.807, 2.05) is 20.8 Å². The minimum Gasteiger partial charge on any atom is -0.460 e. The summed E-state index contributed by atoms with van der Waals surface area (Å²) in [5.74, 6) is 0.747. The van der Waals surface area contributed by atoms with Gasteiger partial charge in [0.1, 0.15) is 5.60 Å². The second kappa shape index (κ2) is 5.67. The summed E-state index contributed by atoms with van der Waals surface area (Å²) < 4.78 is 5.24. The van der Waals surface area contributed by atoms with Crippen LogP contribution in [0.25, 0.3) is 0 Å². The molecule has 1 fully saturated rings. The number of carbonyl (C=O) groups excluding carboxylic acids is 1. The van der Waals surface area contributed by atoms with Crippen molar-refractivity contribution in [1.82, 2.24) is 5.32 Å². The van der Waals surface area contributed by atoms with Crippen LogP contribution in [0.1, 0.15) is 53.4 Å². The third-order valence-corrected chi connectivity index (χ3v) is 2.74. The van der Waals surface area contributed by atoms with E-state index in [1.54, 1.807) is 0 Å². The molecule has 3 heteroatoms. The lowest BCUT2D eigenvalue weighted by Crippen LogP contribution is -2.27. The Morgan fingerprint density at radius 1 is 1.44 bits per heavy atom. The van der Waals surface area contributed by atoms with E-state index in [9.17, 15) is 4.79 Å². The van der Waals surface area contributed by atoms with Crippen molar-refractivity contribution in [3.63, 3.8) is 0 Å². The summed E-state index contributed by atoms with van der Waals surface area (Å²) in [4.78, 5) is 11.4. The van der Waals surface area contributed by atoms with Gasteiger partial charge in [0.15, 0.2) is 0 Å². The van der Waals surface area contributed by atoms with Gasteiger partial charge in [-0.25, -0.2) is 0 Å². The van der Waals surface area contributed by atoms with Crippen molar-refractivity contribution in [3.8, 4) is 0 Å². The van der Waals surface area contributed by atoms with Gasteiger partial charge in [0.05, 0.1) is 6.42 Å². The molecule has 1 N–H and O–H groups in total. The standard InChI is InChI=1S/C13H25NO2/c1-5-6-10-9-11(10)14-8-7-12(15)16-13(2,3)4/h10-11,14H,5-9H2,1-4H3. The number of esters is 1. The van der Waals surface area contributed by atoms with Gasteiger partial charge in [-0.3, -0.25) is 4.79 Å². The molecule has 0 bridgehead atoms. The van der Waals surface area contributed by atoms with E-state index in [0.717, 1.165) is 12.5 Å². The number of carbonyl (C=O) groups is 1. The molecule has 2 atom stereocenters. The number of ether oxygens (including phenoxy) is 1. The number of rotatable bonds is 6. The van der Waals surface area contributed by atoms with Crippen LogP contribution >= 0.6 is 0 Å². The summed E-state index contributed by atoms with van der Waals surface area (Å²) in [6.45, 7) is 8.67. The van der Waals surface area contributed by atoms with Gasteiger partial charge in [0.25, 0.3) is 0 Å². The third kappa shape index (κ3) is 5.50. The normalized spacial score (nSPS) is 24.2. The maximum atomic E-state index is 11.4. The van der Waals surface area contributed by atoms with Gasteiger partial charge in [0.2, 0.25) is 0 Å². The predicted molar refractivity (Wildman–Crippen MR) is 65.3 cm³/mol. The van der Waals surface area contributed by atoms with Crippen molar-refractivity contribution < 1.29 is 9.53 Å². The second-order valence-electron chi connectivity index (χ2n) is 5.68. The fourth-order valence-electron chi connectivity index (χ4n) is 1.94. The van der Waals surface area contributed by atoms with Crippen LogP contribution in [0.4, 0.5) is 0 Å². The molecule has 0 aliphatic heterocycles. The first-order valence-electron chi connectivity index (χ1n) is 6.37. The molecule has 2 unspecified atom stereocenters. The topological polar surface area (TPSA) is 38.3 Å². The van der Waals surface area contributed by atoms with Gasteiger partial charge >= 0.3 is 5.97 Å². The Balaban J connectivity index is 2.02. The summed E-state index contributed by atoms with van der Waals surface area (Å²) in [5, 5.41) is 3.41. The summed E-state index contributed by atoms with van der Waals surface area (Å²) in [6.07, 6.45) is 4.33. The summed E-state index contributed by atoms with van der Waals surface area (Å²) >= 11 is 0. The van der Waals surface area contributed by atoms with Crippen molar-refractivity contribution in [2.45, 2.75) is 65.0 Å². The summed E-state index contributed by atoms with van der Waals surface area (Å²) in [6, 6.07) is 0.655. The second-order valence-corrected chi connectivity index (χ2v) is 5.68. The SMILES string of the molecule is CCCC1CC1NCCC(=O)OC(C)(C)C. The van der Waals surface area contributed by atoms with Gasteiger partial charge in [0, 0.05) is 12.6 Å². The molecule has 1 aliphatic rings. The minimum absolute atomic E-state index is 0.104. The number of hydrogen-bond donors (Lipinski definition) is 1. The zero-order valence-electron chi connectivity index (χ0n) is 11.0. The quantitative estimate of drug-likeness (QED) is 0.708. The van der Waals surface area contributed by atoms with Gasteiger partial charge in [-0.15, -0.1) is 0 Å². The van der Waals surface area contributed by atoms with Crippen LogP contribution in [0.15, 0.2) is 0 Å². The van der Waals surface area contributed by atoms with E-state index in [1.165, 1.54) is 19.3 Å². The Morgan fingerprint density at radius 3 is 2.69 bits per heavy atom. The zero-order valence-corrected chi connectivity index (χ0v) is 11.0. The van der Waals surface area contributed by atoms with Gasteiger partial charge in [-0.2, -0.15) is 0 Å². The van der Waals surface area contributed by atoms with Crippen molar-refractivity contribution in [1.29, 1.82) is 0 Å². The largest absolute Gasteiger partial charge is 0.460 e. The van der Waals surface area contributed by atoms with Crippen LogP contribution in [-0.4, -0.2) is 24.2 Å². The van der Waals surface area contributed by atoms with Crippen molar-refractivity contribution in [2.24, 2.45) is 5.92 Å². The van der Waals surface area contributed by atoms with Gasteiger partial charge in [-0.1, -0.05) is 13.3 Å². The molecule has 0 aromatic carbocycles. The molecule has 0 heterocycles. The lowest BCUT2D eigenvalue weighted by Gasteiger charge is -2.19. The lowest BCUT2D eigenvalue weighted by atomic mass is 10.2. The Bertz CT molecular complexity index is 233. The van der Waals surface area contributed by atoms with Crippen molar-refractivity contribution in [2.75, 3.05) is 6.54 Å². The van der Waals surface area contributed by atoms with Crippen molar-refractivity contribution >= 4 is 5.97 Å². The summed E-state index contributed by atoms with van der Waals surface area (Å²) in [7, 11) is 0. The molecule has 16 heavy (non-hydrogen) atoms. The minimum atomic E-state index is -0.360. The Labute approximate surface area is 98.9 Å². The van der Waals surface area contributed by atoms with Crippen molar-refractivity contribution in [3.05, 3.63) is 0 Å². The maximum Gasteiger partial charge on any atom is 0.307 e. The third-order valence-electron chi connectivity index (χ3n) is 2.74. The Morgan fingerprint density at radius 2 is 2.12 bits per heavy atom. The van der Waals surface area contributed by atoms with E-state index in [0.29, 0.717) is 12.5 Å². The molecule has 0 radical (unpaired) electrons.